The number of hydrogen-bond donors (Lipinski definition) is 0. The largest absolute Gasteiger partial charge is 0.496 e. The van der Waals surface area contributed by atoms with Crippen LogP contribution in [0.3, 0.4) is 0 Å². The number of nitrogens with zero attached hydrogens (tertiary/aromatic N) is 3. The van der Waals surface area contributed by atoms with Crippen molar-refractivity contribution >= 4 is 61.6 Å². The Labute approximate surface area is 235 Å². The van der Waals surface area contributed by atoms with Gasteiger partial charge in [0.05, 0.1) is 36.2 Å². The highest BCUT2D eigenvalue weighted by atomic mass is 79.9. The molecule has 2 aromatic heterocycles. The second kappa shape index (κ2) is 10.9. The summed E-state index contributed by atoms with van der Waals surface area (Å²) in [6, 6.07) is 15.8. The first-order valence-corrected chi connectivity index (χ1v) is 13.0. The van der Waals surface area contributed by atoms with E-state index in [1.54, 1.807) is 56.5 Å². The molecule has 39 heavy (non-hydrogen) atoms. The number of aromatic nitrogens is 2. The number of esters is 1. The van der Waals surface area contributed by atoms with E-state index >= 15 is 0 Å². The molecule has 0 bridgehead atoms. The molecule has 0 fully saturated rings. The predicted octanol–water partition coefficient (Wildman–Crippen LogP) is 6.44. The topological polar surface area (TPSA) is 105 Å². The Kier molecular flexibility index (Phi) is 7.40. The van der Waals surface area contributed by atoms with Crippen molar-refractivity contribution in [3.05, 3.63) is 80.0 Å². The molecule has 11 heteroatoms. The maximum Gasteiger partial charge on any atom is 0.308 e. The molecule has 0 saturated heterocycles. The first kappa shape index (κ1) is 26.5. The van der Waals surface area contributed by atoms with Crippen molar-refractivity contribution in [1.82, 2.24) is 9.66 Å². The second-order valence-electron chi connectivity index (χ2n) is 8.24. The van der Waals surface area contributed by atoms with E-state index in [0.29, 0.717) is 44.6 Å². The molecule has 0 spiro atoms. The quantitative estimate of drug-likeness (QED) is 0.119. The minimum absolute atomic E-state index is 0.0801. The Balaban J connectivity index is 1.71. The van der Waals surface area contributed by atoms with Crippen LogP contribution in [0.15, 0.2) is 73.4 Å². The SMILES string of the molecule is CCOc1cc(C=Nn2c(-c3cc4c(OC)cccc4o3)nc3ccccc3c2=O)c(Br)c(Cl)c1OC(C)=O. The summed E-state index contributed by atoms with van der Waals surface area (Å²) >= 11 is 9.94. The van der Waals surface area contributed by atoms with Crippen molar-refractivity contribution in [3.63, 3.8) is 0 Å². The standard InChI is InChI=1S/C28H21BrClN3O6/c1-4-37-22-12-16(24(29)25(30)26(22)38-15(2)34)14-31-33-27(32-19-9-6-5-8-17(19)28(33)35)23-13-18-20(36-3)10-7-11-21(18)39-23/h5-14H,4H2,1-3H3. The van der Waals surface area contributed by atoms with E-state index in [4.69, 9.17) is 35.2 Å². The summed E-state index contributed by atoms with van der Waals surface area (Å²) in [6.45, 7) is 3.36. The third kappa shape index (κ3) is 5.00. The van der Waals surface area contributed by atoms with E-state index in [1.807, 2.05) is 12.1 Å². The van der Waals surface area contributed by atoms with E-state index in [-0.39, 0.29) is 22.3 Å². The number of ether oxygens (including phenoxy) is 3. The van der Waals surface area contributed by atoms with Crippen LogP contribution < -0.4 is 19.8 Å². The summed E-state index contributed by atoms with van der Waals surface area (Å²) in [6.07, 6.45) is 1.43. The van der Waals surface area contributed by atoms with Gasteiger partial charge in [0, 0.05) is 17.0 Å². The van der Waals surface area contributed by atoms with Gasteiger partial charge in [-0.2, -0.15) is 9.78 Å². The molecule has 0 aliphatic rings. The van der Waals surface area contributed by atoms with Crippen LogP contribution in [0, 0.1) is 0 Å². The number of furan rings is 1. The van der Waals surface area contributed by atoms with Gasteiger partial charge >= 0.3 is 5.97 Å². The van der Waals surface area contributed by atoms with Crippen molar-refractivity contribution in [2.24, 2.45) is 5.10 Å². The molecule has 0 radical (unpaired) electrons. The fourth-order valence-electron chi connectivity index (χ4n) is 4.03. The Morgan fingerprint density at radius 1 is 1.15 bits per heavy atom. The van der Waals surface area contributed by atoms with Crippen LogP contribution in [0.25, 0.3) is 33.5 Å². The summed E-state index contributed by atoms with van der Waals surface area (Å²) in [5, 5.41) is 5.71. The maximum atomic E-state index is 13.6. The van der Waals surface area contributed by atoms with E-state index < -0.39 is 11.5 Å². The summed E-state index contributed by atoms with van der Waals surface area (Å²) in [7, 11) is 1.57. The average molecular weight is 611 g/mol. The molecule has 0 saturated carbocycles. The first-order chi connectivity index (χ1) is 18.8. The van der Waals surface area contributed by atoms with E-state index in [1.165, 1.54) is 13.1 Å². The molecule has 0 atom stereocenters. The lowest BCUT2D eigenvalue weighted by molar-refractivity contribution is -0.132. The number of rotatable bonds is 7. The van der Waals surface area contributed by atoms with Gasteiger partial charge in [0.25, 0.3) is 5.56 Å². The highest BCUT2D eigenvalue weighted by molar-refractivity contribution is 9.10. The summed E-state index contributed by atoms with van der Waals surface area (Å²) in [5.41, 5.74) is 1.13. The van der Waals surface area contributed by atoms with Crippen molar-refractivity contribution < 1.29 is 23.4 Å². The van der Waals surface area contributed by atoms with Crippen LogP contribution in [0.2, 0.25) is 5.02 Å². The zero-order valence-electron chi connectivity index (χ0n) is 21.0. The number of carbonyl (C=O) groups is 1. The Bertz CT molecular complexity index is 1830. The Morgan fingerprint density at radius 2 is 1.95 bits per heavy atom. The Hall–Kier alpha value is -4.15. The normalized spacial score (nSPS) is 11.4. The number of fused-ring (bicyclic) bond motifs is 2. The second-order valence-corrected chi connectivity index (χ2v) is 9.42. The molecule has 0 aliphatic heterocycles. The van der Waals surface area contributed by atoms with Crippen LogP contribution in [0.4, 0.5) is 0 Å². The number of carbonyl (C=O) groups excluding carboxylic acids is 1. The van der Waals surface area contributed by atoms with Gasteiger partial charge in [-0.15, -0.1) is 0 Å². The monoisotopic (exact) mass is 609 g/mol. The van der Waals surface area contributed by atoms with Gasteiger partial charge < -0.3 is 18.6 Å². The molecule has 3 aromatic carbocycles. The minimum atomic E-state index is -0.549. The molecule has 2 heterocycles. The molecular formula is C28H21BrClN3O6. The smallest absolute Gasteiger partial charge is 0.308 e. The van der Waals surface area contributed by atoms with Gasteiger partial charge in [0.2, 0.25) is 5.82 Å². The minimum Gasteiger partial charge on any atom is -0.496 e. The van der Waals surface area contributed by atoms with Gasteiger partial charge in [0.15, 0.2) is 17.3 Å². The number of methoxy groups -OCH3 is 1. The fourth-order valence-corrected chi connectivity index (χ4v) is 4.67. The third-order valence-electron chi connectivity index (χ3n) is 5.73. The molecule has 0 aliphatic carbocycles. The molecule has 9 nitrogen and oxygen atoms in total. The van der Waals surface area contributed by atoms with Crippen LogP contribution in [0.1, 0.15) is 19.4 Å². The van der Waals surface area contributed by atoms with Gasteiger partial charge in [-0.25, -0.2) is 4.98 Å². The first-order valence-electron chi connectivity index (χ1n) is 11.8. The number of para-hydroxylation sites is 1. The van der Waals surface area contributed by atoms with Crippen molar-refractivity contribution in [1.29, 1.82) is 0 Å². The van der Waals surface area contributed by atoms with E-state index in [2.05, 4.69) is 21.0 Å². The highest BCUT2D eigenvalue weighted by Gasteiger charge is 2.20. The third-order valence-corrected chi connectivity index (χ3v) is 7.17. The fraction of sp³-hybridized carbons (Fsp3) is 0.143. The number of halogens is 2. The zero-order valence-corrected chi connectivity index (χ0v) is 23.4. The molecule has 198 valence electrons. The molecule has 0 unspecified atom stereocenters. The predicted molar refractivity (Wildman–Crippen MR) is 152 cm³/mol. The van der Waals surface area contributed by atoms with Crippen LogP contribution in [-0.4, -0.2) is 35.6 Å². The van der Waals surface area contributed by atoms with Crippen LogP contribution >= 0.6 is 27.5 Å². The molecule has 5 rings (SSSR count). The van der Waals surface area contributed by atoms with Gasteiger partial charge in [-0.3, -0.25) is 9.59 Å². The number of hydrogen-bond acceptors (Lipinski definition) is 8. The van der Waals surface area contributed by atoms with E-state index in [9.17, 15) is 9.59 Å². The molecule has 0 N–H and O–H groups in total. The van der Waals surface area contributed by atoms with Gasteiger partial charge in [-0.05, 0) is 59.3 Å². The maximum absolute atomic E-state index is 13.6. The lowest BCUT2D eigenvalue weighted by Gasteiger charge is -2.14. The zero-order chi connectivity index (χ0) is 27.7. The van der Waals surface area contributed by atoms with E-state index in [0.717, 1.165) is 10.1 Å². The highest BCUT2D eigenvalue weighted by Crippen LogP contribution is 2.42. The molecular weight excluding hydrogens is 590 g/mol. The summed E-state index contributed by atoms with van der Waals surface area (Å²) < 4.78 is 24.0. The average Bonchev–Trinajstić information content (AvgIpc) is 3.37. The Morgan fingerprint density at radius 3 is 2.69 bits per heavy atom. The summed E-state index contributed by atoms with van der Waals surface area (Å²) in [5.74, 6) is 0.916. The van der Waals surface area contributed by atoms with Crippen molar-refractivity contribution in [2.45, 2.75) is 13.8 Å². The summed E-state index contributed by atoms with van der Waals surface area (Å²) in [4.78, 5) is 29.9. The lowest BCUT2D eigenvalue weighted by Crippen LogP contribution is -2.20. The van der Waals surface area contributed by atoms with Crippen molar-refractivity contribution in [3.8, 4) is 28.8 Å². The lowest BCUT2D eigenvalue weighted by atomic mass is 10.2. The van der Waals surface area contributed by atoms with Gasteiger partial charge in [-0.1, -0.05) is 29.8 Å². The van der Waals surface area contributed by atoms with Crippen LogP contribution in [0.5, 0.6) is 17.2 Å². The van der Waals surface area contributed by atoms with Crippen LogP contribution in [-0.2, 0) is 4.79 Å². The van der Waals surface area contributed by atoms with Gasteiger partial charge in [0.1, 0.15) is 16.4 Å². The molecule has 0 amide bonds. The number of benzene rings is 3. The van der Waals surface area contributed by atoms with Crippen molar-refractivity contribution in [2.75, 3.05) is 13.7 Å². The molecule has 5 aromatic rings.